The van der Waals surface area contributed by atoms with E-state index in [0.717, 1.165) is 6.21 Å². The van der Waals surface area contributed by atoms with E-state index in [1.54, 1.807) is 23.1 Å². The van der Waals surface area contributed by atoms with Gasteiger partial charge in [0.2, 0.25) is 0 Å². The average molecular weight is 426 g/mol. The Morgan fingerprint density at radius 2 is 1.87 bits per heavy atom. The summed E-state index contributed by atoms with van der Waals surface area (Å²) in [6.07, 6.45) is 5.28. The Morgan fingerprint density at radius 3 is 2.55 bits per heavy atom. The highest BCUT2D eigenvalue weighted by molar-refractivity contribution is 6.14. The van der Waals surface area contributed by atoms with Gasteiger partial charge in [0.25, 0.3) is 5.91 Å². The van der Waals surface area contributed by atoms with Crippen LogP contribution in [0.25, 0.3) is 5.70 Å². The number of anilines is 1. The Hall–Kier alpha value is -3.88. The van der Waals surface area contributed by atoms with Gasteiger partial charge in [-0.2, -0.15) is 5.10 Å². The fourth-order valence-corrected chi connectivity index (χ4v) is 2.64. The molecule has 0 aliphatic carbocycles. The molecule has 0 spiro atoms. The van der Waals surface area contributed by atoms with Crippen LogP contribution in [-0.4, -0.2) is 49.1 Å². The van der Waals surface area contributed by atoms with Gasteiger partial charge in [0.15, 0.2) is 0 Å². The third-order valence-electron chi connectivity index (χ3n) is 4.25. The minimum absolute atomic E-state index is 0.208. The predicted octanol–water partition coefficient (Wildman–Crippen LogP) is 3.54. The van der Waals surface area contributed by atoms with E-state index in [1.165, 1.54) is 42.8 Å². The molecule has 0 aliphatic rings. The SMILES string of the molecule is CCN(CCN=CC=C(N)c1ccc(F)cc1)C(=O)c1ccc(F)cc1N/N=C\C=N. The summed E-state index contributed by atoms with van der Waals surface area (Å²) in [4.78, 5) is 18.7. The number of nitrogens with one attached hydrogen (secondary N) is 2. The summed E-state index contributed by atoms with van der Waals surface area (Å²) in [7, 11) is 0. The fourth-order valence-electron chi connectivity index (χ4n) is 2.64. The maximum Gasteiger partial charge on any atom is 0.256 e. The Morgan fingerprint density at radius 1 is 1.16 bits per heavy atom. The van der Waals surface area contributed by atoms with Crippen molar-refractivity contribution in [2.24, 2.45) is 15.8 Å². The van der Waals surface area contributed by atoms with Crippen molar-refractivity contribution in [1.82, 2.24) is 4.90 Å². The minimum atomic E-state index is -0.512. The molecule has 0 saturated carbocycles. The van der Waals surface area contributed by atoms with Crippen molar-refractivity contribution < 1.29 is 13.6 Å². The molecule has 1 amide bonds. The summed E-state index contributed by atoms with van der Waals surface area (Å²) in [6, 6.07) is 9.56. The first-order valence-corrected chi connectivity index (χ1v) is 9.54. The van der Waals surface area contributed by atoms with Gasteiger partial charge in [-0.25, -0.2) is 8.78 Å². The number of benzene rings is 2. The number of amides is 1. The number of nitrogens with zero attached hydrogens (tertiary/aromatic N) is 3. The maximum absolute atomic E-state index is 13.6. The third-order valence-corrected chi connectivity index (χ3v) is 4.25. The van der Waals surface area contributed by atoms with Gasteiger partial charge >= 0.3 is 0 Å². The first-order chi connectivity index (χ1) is 15.0. The number of halogens is 2. The van der Waals surface area contributed by atoms with Crippen LogP contribution in [-0.2, 0) is 0 Å². The number of nitrogens with two attached hydrogens (primary N) is 1. The van der Waals surface area contributed by atoms with Gasteiger partial charge in [-0.3, -0.25) is 15.2 Å². The predicted molar refractivity (Wildman–Crippen MR) is 121 cm³/mol. The summed E-state index contributed by atoms with van der Waals surface area (Å²) in [5.74, 6) is -1.15. The number of likely N-dealkylation sites (N-methyl/N-ethyl adjacent to an activating group) is 1. The van der Waals surface area contributed by atoms with Crippen molar-refractivity contribution in [2.45, 2.75) is 6.92 Å². The lowest BCUT2D eigenvalue weighted by atomic mass is 10.1. The van der Waals surface area contributed by atoms with Crippen LogP contribution in [0.15, 0.2) is 58.6 Å². The van der Waals surface area contributed by atoms with Crippen molar-refractivity contribution >= 4 is 35.9 Å². The lowest BCUT2D eigenvalue weighted by Crippen LogP contribution is -2.33. The standard InChI is InChI=1S/C22H24F2N6O/c1-2-30(14-13-27-11-9-20(26)16-3-5-17(23)6-4-16)22(31)19-8-7-18(24)15-21(19)29-28-12-10-25/h3-12,15,25,29H,2,13-14,26H2,1H3/b20-9?,25-10?,27-11?,28-12-. The molecule has 0 unspecified atom stereocenters. The van der Waals surface area contributed by atoms with Gasteiger partial charge in [-0.15, -0.1) is 0 Å². The molecule has 9 heteroatoms. The van der Waals surface area contributed by atoms with Crippen LogP contribution in [0, 0.1) is 17.0 Å². The molecule has 0 radical (unpaired) electrons. The van der Waals surface area contributed by atoms with Crippen LogP contribution in [0.3, 0.4) is 0 Å². The lowest BCUT2D eigenvalue weighted by molar-refractivity contribution is 0.0770. The van der Waals surface area contributed by atoms with E-state index in [9.17, 15) is 13.6 Å². The molecule has 0 atom stereocenters. The molecule has 31 heavy (non-hydrogen) atoms. The highest BCUT2D eigenvalue weighted by Gasteiger charge is 2.18. The normalized spacial score (nSPS) is 11.8. The number of rotatable bonds is 10. The summed E-state index contributed by atoms with van der Waals surface area (Å²) in [5, 5.41) is 10.7. The first kappa shape index (κ1) is 23.4. The van der Waals surface area contributed by atoms with Crippen LogP contribution < -0.4 is 11.2 Å². The molecule has 162 valence electrons. The molecule has 0 fully saturated rings. The van der Waals surface area contributed by atoms with E-state index >= 15 is 0 Å². The summed E-state index contributed by atoms with van der Waals surface area (Å²) < 4.78 is 26.5. The van der Waals surface area contributed by atoms with E-state index < -0.39 is 5.82 Å². The summed E-state index contributed by atoms with van der Waals surface area (Å²) in [6.45, 7) is 2.94. The summed E-state index contributed by atoms with van der Waals surface area (Å²) in [5.41, 5.74) is 10.1. The number of hydrazone groups is 1. The smallest absolute Gasteiger partial charge is 0.256 e. The zero-order valence-electron chi connectivity index (χ0n) is 17.1. The number of hydrogen-bond acceptors (Lipinski definition) is 6. The molecule has 0 saturated heterocycles. The average Bonchev–Trinajstić information content (AvgIpc) is 2.76. The zero-order valence-corrected chi connectivity index (χ0v) is 17.1. The van der Waals surface area contributed by atoms with Gasteiger partial charge in [-0.1, -0.05) is 12.1 Å². The first-order valence-electron chi connectivity index (χ1n) is 9.54. The quantitative estimate of drug-likeness (QED) is 0.399. The molecule has 7 nitrogen and oxygen atoms in total. The fraction of sp³-hybridized carbons (Fsp3) is 0.182. The van der Waals surface area contributed by atoms with Crippen LogP contribution in [0.5, 0.6) is 0 Å². The zero-order chi connectivity index (χ0) is 22.6. The molecule has 0 aliphatic heterocycles. The van der Waals surface area contributed by atoms with Gasteiger partial charge in [0, 0.05) is 31.2 Å². The van der Waals surface area contributed by atoms with Gasteiger partial charge in [0.1, 0.15) is 11.6 Å². The Bertz CT molecular complexity index is 986. The van der Waals surface area contributed by atoms with E-state index in [0.29, 0.717) is 30.9 Å². The van der Waals surface area contributed by atoms with Crippen molar-refractivity contribution in [3.63, 3.8) is 0 Å². The van der Waals surface area contributed by atoms with Crippen molar-refractivity contribution in [3.8, 4) is 0 Å². The Labute approximate surface area is 179 Å². The van der Waals surface area contributed by atoms with Gasteiger partial charge < -0.3 is 16.0 Å². The molecule has 2 aromatic carbocycles. The molecule has 0 aromatic heterocycles. The maximum atomic E-state index is 13.6. The molecule has 0 heterocycles. The van der Waals surface area contributed by atoms with Crippen molar-refractivity contribution in [1.29, 1.82) is 5.41 Å². The molecule has 2 aromatic rings. The molecule has 2 rings (SSSR count). The van der Waals surface area contributed by atoms with E-state index in [2.05, 4.69) is 15.5 Å². The van der Waals surface area contributed by atoms with Crippen LogP contribution in [0.1, 0.15) is 22.8 Å². The number of allylic oxidation sites excluding steroid dienone is 1. The van der Waals surface area contributed by atoms with E-state index in [1.807, 2.05) is 6.92 Å². The monoisotopic (exact) mass is 426 g/mol. The molecule has 0 bridgehead atoms. The number of aliphatic imine (C=N–C) groups is 1. The summed E-state index contributed by atoms with van der Waals surface area (Å²) >= 11 is 0. The second-order valence-corrected chi connectivity index (χ2v) is 6.32. The molecular weight excluding hydrogens is 402 g/mol. The second kappa shape index (κ2) is 12.0. The third kappa shape index (κ3) is 7.14. The van der Waals surface area contributed by atoms with E-state index in [4.69, 9.17) is 11.1 Å². The van der Waals surface area contributed by atoms with Crippen molar-refractivity contribution in [3.05, 3.63) is 71.3 Å². The van der Waals surface area contributed by atoms with Gasteiger partial charge in [-0.05, 0) is 48.9 Å². The van der Waals surface area contributed by atoms with E-state index in [-0.39, 0.29) is 23.0 Å². The Kier molecular flexibility index (Phi) is 9.03. The largest absolute Gasteiger partial charge is 0.398 e. The van der Waals surface area contributed by atoms with Gasteiger partial charge in [0.05, 0.1) is 24.0 Å². The Balaban J connectivity index is 2.01. The number of hydrogen-bond donors (Lipinski definition) is 3. The molecule has 4 N–H and O–H groups in total. The second-order valence-electron chi connectivity index (χ2n) is 6.32. The number of carbonyl (C=O) groups excluding carboxylic acids is 1. The number of carbonyl (C=O) groups is 1. The lowest BCUT2D eigenvalue weighted by Gasteiger charge is -2.21. The minimum Gasteiger partial charge on any atom is -0.398 e. The van der Waals surface area contributed by atoms with Crippen LogP contribution in [0.2, 0.25) is 0 Å². The highest BCUT2D eigenvalue weighted by Crippen LogP contribution is 2.19. The van der Waals surface area contributed by atoms with Crippen LogP contribution >= 0.6 is 0 Å². The topological polar surface area (TPSA) is 107 Å². The van der Waals surface area contributed by atoms with Crippen molar-refractivity contribution in [2.75, 3.05) is 25.1 Å². The molecular formula is C22H24F2N6O. The van der Waals surface area contributed by atoms with Crippen LogP contribution in [0.4, 0.5) is 14.5 Å². The highest BCUT2D eigenvalue weighted by atomic mass is 19.1.